The largest absolute Gasteiger partial charge is 0.494 e. The molecular formula is C27H31N4O2S+. The van der Waals surface area contributed by atoms with Gasteiger partial charge < -0.3 is 19.9 Å². The van der Waals surface area contributed by atoms with Crippen molar-refractivity contribution < 1.29 is 14.4 Å². The molecule has 6 nitrogen and oxygen atoms in total. The minimum Gasteiger partial charge on any atom is -0.494 e. The monoisotopic (exact) mass is 475 g/mol. The number of hydrogen-bond acceptors (Lipinski definition) is 4. The van der Waals surface area contributed by atoms with E-state index in [1.165, 1.54) is 11.3 Å². The first-order valence-electron chi connectivity index (χ1n) is 11.7. The molecule has 0 saturated carbocycles. The Morgan fingerprint density at radius 3 is 2.29 bits per heavy atom. The number of thiocarbonyl (C=S) groups is 1. The molecule has 1 aliphatic rings. The number of benzene rings is 3. The summed E-state index contributed by atoms with van der Waals surface area (Å²) in [6.45, 7) is 7.90. The molecule has 0 bridgehead atoms. The molecule has 1 heterocycles. The van der Waals surface area contributed by atoms with E-state index in [2.05, 4.69) is 58.0 Å². The number of anilines is 2. The van der Waals surface area contributed by atoms with Crippen molar-refractivity contribution >= 4 is 34.6 Å². The molecule has 0 aromatic heterocycles. The molecule has 4 rings (SSSR count). The quantitative estimate of drug-likeness (QED) is 0.459. The molecule has 1 fully saturated rings. The van der Waals surface area contributed by atoms with Crippen molar-refractivity contribution in [3.8, 4) is 5.75 Å². The highest BCUT2D eigenvalue weighted by atomic mass is 32.1. The van der Waals surface area contributed by atoms with E-state index >= 15 is 0 Å². The topological polar surface area (TPSA) is 58.0 Å². The van der Waals surface area contributed by atoms with Crippen LogP contribution in [0.1, 0.15) is 22.8 Å². The van der Waals surface area contributed by atoms with Gasteiger partial charge in [-0.2, -0.15) is 0 Å². The molecule has 0 aliphatic carbocycles. The van der Waals surface area contributed by atoms with Crippen LogP contribution in [0.25, 0.3) is 0 Å². The molecule has 1 aliphatic heterocycles. The Bertz CT molecular complexity index is 1080. The molecule has 34 heavy (non-hydrogen) atoms. The number of carbonyl (C=O) groups is 1. The average molecular weight is 476 g/mol. The number of piperazine rings is 1. The van der Waals surface area contributed by atoms with Gasteiger partial charge in [0, 0.05) is 22.5 Å². The molecule has 1 amide bonds. The van der Waals surface area contributed by atoms with E-state index in [9.17, 15) is 4.79 Å². The average Bonchev–Trinajstić information content (AvgIpc) is 2.86. The minimum absolute atomic E-state index is 0.256. The summed E-state index contributed by atoms with van der Waals surface area (Å²) in [6.07, 6.45) is 0. The number of quaternary nitrogens is 1. The van der Waals surface area contributed by atoms with E-state index in [0.717, 1.165) is 44.2 Å². The predicted molar refractivity (Wildman–Crippen MR) is 141 cm³/mol. The molecule has 0 unspecified atom stereocenters. The molecule has 1 saturated heterocycles. The molecule has 3 aromatic rings. The smallest absolute Gasteiger partial charge is 0.257 e. The van der Waals surface area contributed by atoms with Crippen LogP contribution in [0.15, 0.2) is 78.9 Å². The maximum absolute atomic E-state index is 12.4. The second-order valence-electron chi connectivity index (χ2n) is 8.31. The van der Waals surface area contributed by atoms with Gasteiger partial charge in [-0.3, -0.25) is 10.1 Å². The number of nitrogens with zero attached hydrogens (tertiary/aromatic N) is 1. The van der Waals surface area contributed by atoms with Crippen molar-refractivity contribution in [3.05, 3.63) is 90.0 Å². The summed E-state index contributed by atoms with van der Waals surface area (Å²) in [4.78, 5) is 16.5. The Balaban J connectivity index is 1.24. The van der Waals surface area contributed by atoms with Gasteiger partial charge in [-0.15, -0.1) is 0 Å². The summed E-state index contributed by atoms with van der Waals surface area (Å²) in [6, 6.07) is 25.9. The van der Waals surface area contributed by atoms with Crippen LogP contribution in [-0.4, -0.2) is 43.8 Å². The standard InChI is InChI=1S/C27H30N4O2S/c1-2-33-25-14-8-22(9-15-25)26(32)29-27(34)28-23-10-12-24(13-11-23)31-18-16-30(17-19-31)20-21-6-4-3-5-7-21/h3-15H,2,16-20H2,1H3,(H2,28,29,32,34)/p+1. The lowest BCUT2D eigenvalue weighted by Crippen LogP contribution is -3.13. The highest BCUT2D eigenvalue weighted by Gasteiger charge is 2.20. The van der Waals surface area contributed by atoms with Crippen LogP contribution in [0.2, 0.25) is 0 Å². The molecule has 0 radical (unpaired) electrons. The molecule has 3 N–H and O–H groups in total. The van der Waals surface area contributed by atoms with E-state index < -0.39 is 0 Å². The molecule has 0 spiro atoms. The number of hydrogen-bond donors (Lipinski definition) is 3. The van der Waals surface area contributed by atoms with Gasteiger partial charge in [-0.25, -0.2) is 0 Å². The van der Waals surface area contributed by atoms with Crippen molar-refractivity contribution in [2.45, 2.75) is 13.5 Å². The Morgan fingerprint density at radius 1 is 0.971 bits per heavy atom. The lowest BCUT2D eigenvalue weighted by Gasteiger charge is -2.33. The van der Waals surface area contributed by atoms with E-state index in [0.29, 0.717) is 12.2 Å². The SMILES string of the molecule is CCOc1ccc(C(=O)NC(=S)Nc2ccc(N3CC[NH+](Cc4ccccc4)CC3)cc2)cc1. The lowest BCUT2D eigenvalue weighted by atomic mass is 10.2. The highest BCUT2D eigenvalue weighted by Crippen LogP contribution is 2.18. The number of carbonyl (C=O) groups excluding carboxylic acids is 1. The van der Waals surface area contributed by atoms with Crippen LogP contribution in [0.5, 0.6) is 5.75 Å². The van der Waals surface area contributed by atoms with Gasteiger partial charge in [0.05, 0.1) is 32.8 Å². The van der Waals surface area contributed by atoms with Crippen LogP contribution in [0, 0.1) is 0 Å². The first kappa shape index (κ1) is 23.7. The summed E-state index contributed by atoms with van der Waals surface area (Å²) >= 11 is 5.32. The predicted octanol–water partition coefficient (Wildman–Crippen LogP) is 3.12. The van der Waals surface area contributed by atoms with Crippen molar-refractivity contribution in [2.24, 2.45) is 0 Å². The summed E-state index contributed by atoms with van der Waals surface area (Å²) < 4.78 is 5.41. The van der Waals surface area contributed by atoms with Crippen LogP contribution in [0.3, 0.4) is 0 Å². The second kappa shape index (κ2) is 11.6. The Kier molecular flexibility index (Phi) is 8.12. The van der Waals surface area contributed by atoms with E-state index in [4.69, 9.17) is 17.0 Å². The van der Waals surface area contributed by atoms with Gasteiger partial charge in [0.1, 0.15) is 12.3 Å². The summed E-state index contributed by atoms with van der Waals surface area (Å²) in [5.74, 6) is 0.479. The fourth-order valence-corrected chi connectivity index (χ4v) is 4.32. The van der Waals surface area contributed by atoms with E-state index in [-0.39, 0.29) is 11.0 Å². The highest BCUT2D eigenvalue weighted by molar-refractivity contribution is 7.80. The number of nitrogens with one attached hydrogen (secondary N) is 3. The van der Waals surface area contributed by atoms with E-state index in [1.54, 1.807) is 29.2 Å². The number of ether oxygens (including phenoxy) is 1. The summed E-state index contributed by atoms with van der Waals surface area (Å²) in [5, 5.41) is 6.09. The van der Waals surface area contributed by atoms with Crippen molar-refractivity contribution in [2.75, 3.05) is 43.0 Å². The molecule has 7 heteroatoms. The van der Waals surface area contributed by atoms with Crippen LogP contribution < -0.4 is 25.2 Å². The third-order valence-corrected chi connectivity index (χ3v) is 6.12. The van der Waals surface area contributed by atoms with Gasteiger partial charge in [-0.05, 0) is 67.7 Å². The fourth-order valence-electron chi connectivity index (χ4n) is 4.10. The lowest BCUT2D eigenvalue weighted by molar-refractivity contribution is -0.914. The molecule has 3 aromatic carbocycles. The Hall–Kier alpha value is -3.42. The maximum atomic E-state index is 12.4. The normalized spacial score (nSPS) is 13.9. The summed E-state index contributed by atoms with van der Waals surface area (Å²) in [5.41, 5.74) is 3.96. The number of rotatable bonds is 7. The fraction of sp³-hybridized carbons (Fsp3) is 0.259. The molecular weight excluding hydrogens is 444 g/mol. The summed E-state index contributed by atoms with van der Waals surface area (Å²) in [7, 11) is 0. The first-order chi connectivity index (χ1) is 16.6. The number of amides is 1. The maximum Gasteiger partial charge on any atom is 0.257 e. The minimum atomic E-state index is -0.256. The third kappa shape index (κ3) is 6.56. The van der Waals surface area contributed by atoms with Crippen LogP contribution in [0.4, 0.5) is 11.4 Å². The van der Waals surface area contributed by atoms with Gasteiger partial charge in [0.2, 0.25) is 0 Å². The van der Waals surface area contributed by atoms with E-state index in [1.807, 2.05) is 19.1 Å². The van der Waals surface area contributed by atoms with Crippen LogP contribution >= 0.6 is 12.2 Å². The van der Waals surface area contributed by atoms with Gasteiger partial charge in [-0.1, -0.05) is 30.3 Å². The molecule has 0 atom stereocenters. The van der Waals surface area contributed by atoms with Crippen molar-refractivity contribution in [1.29, 1.82) is 0 Å². The van der Waals surface area contributed by atoms with Gasteiger partial charge >= 0.3 is 0 Å². The van der Waals surface area contributed by atoms with Crippen molar-refractivity contribution in [3.63, 3.8) is 0 Å². The second-order valence-corrected chi connectivity index (χ2v) is 8.72. The molecule has 176 valence electrons. The zero-order valence-corrected chi connectivity index (χ0v) is 20.2. The first-order valence-corrected chi connectivity index (χ1v) is 12.1. The van der Waals surface area contributed by atoms with Crippen molar-refractivity contribution in [1.82, 2.24) is 5.32 Å². The Morgan fingerprint density at radius 2 is 1.65 bits per heavy atom. The van der Waals surface area contributed by atoms with Gasteiger partial charge in [0.25, 0.3) is 5.91 Å². The van der Waals surface area contributed by atoms with Gasteiger partial charge in [0.15, 0.2) is 5.11 Å². The van der Waals surface area contributed by atoms with Crippen LogP contribution in [-0.2, 0) is 6.54 Å². The third-order valence-electron chi connectivity index (χ3n) is 5.91. The Labute approximate surface area is 206 Å². The zero-order valence-electron chi connectivity index (χ0n) is 19.4. The zero-order chi connectivity index (χ0) is 23.8.